The minimum Gasteiger partial charge on any atom is -0.400 e. The van der Waals surface area contributed by atoms with Crippen LogP contribution in [0.15, 0.2) is 29.7 Å². The van der Waals surface area contributed by atoms with Gasteiger partial charge in [0.1, 0.15) is 0 Å². The number of aryl methyl sites for hydroxylation is 1. The SMILES string of the molecule is CC1(C)OB(C2=Cc3ccccc3CCC2)OC1(C)C. The van der Waals surface area contributed by atoms with Crippen LogP contribution in [0.1, 0.15) is 51.7 Å². The lowest BCUT2D eigenvalue weighted by Crippen LogP contribution is -2.41. The second-order valence-electron chi connectivity index (χ2n) is 6.86. The highest BCUT2D eigenvalue weighted by atomic mass is 16.7. The highest BCUT2D eigenvalue weighted by Gasteiger charge is 2.52. The average Bonchev–Trinajstić information content (AvgIpc) is 2.55. The lowest BCUT2D eigenvalue weighted by Gasteiger charge is -2.32. The number of fused-ring (bicyclic) bond motifs is 1. The van der Waals surface area contributed by atoms with E-state index in [0.717, 1.165) is 19.3 Å². The summed E-state index contributed by atoms with van der Waals surface area (Å²) < 4.78 is 12.4. The van der Waals surface area contributed by atoms with Gasteiger partial charge in [-0.2, -0.15) is 0 Å². The first-order valence-electron chi connectivity index (χ1n) is 7.53. The molecule has 1 aromatic carbocycles. The lowest BCUT2D eigenvalue weighted by atomic mass is 9.75. The molecular formula is C17H23BO2. The maximum Gasteiger partial charge on any atom is 0.490 e. The van der Waals surface area contributed by atoms with Gasteiger partial charge in [0.2, 0.25) is 0 Å². The first-order chi connectivity index (χ1) is 9.39. The van der Waals surface area contributed by atoms with E-state index in [4.69, 9.17) is 9.31 Å². The summed E-state index contributed by atoms with van der Waals surface area (Å²) in [4.78, 5) is 0. The second kappa shape index (κ2) is 4.75. The zero-order chi connectivity index (χ0) is 14.4. The second-order valence-corrected chi connectivity index (χ2v) is 6.86. The van der Waals surface area contributed by atoms with Crippen molar-refractivity contribution in [2.24, 2.45) is 0 Å². The summed E-state index contributed by atoms with van der Waals surface area (Å²) in [5.74, 6) is 0. The number of hydrogen-bond acceptors (Lipinski definition) is 2. The fourth-order valence-corrected chi connectivity index (χ4v) is 2.84. The van der Waals surface area contributed by atoms with Crippen LogP contribution in [0, 0.1) is 0 Å². The summed E-state index contributed by atoms with van der Waals surface area (Å²) in [6.07, 6.45) is 5.61. The van der Waals surface area contributed by atoms with Crippen LogP contribution in [0.4, 0.5) is 0 Å². The van der Waals surface area contributed by atoms with Crippen LogP contribution in [0.5, 0.6) is 0 Å². The molecule has 2 aliphatic rings. The Morgan fingerprint density at radius 1 is 0.950 bits per heavy atom. The Hall–Kier alpha value is -1.06. The highest BCUT2D eigenvalue weighted by molar-refractivity contribution is 6.55. The Balaban J connectivity index is 1.91. The van der Waals surface area contributed by atoms with E-state index in [0.29, 0.717) is 0 Å². The van der Waals surface area contributed by atoms with Gasteiger partial charge in [0.15, 0.2) is 0 Å². The Morgan fingerprint density at radius 2 is 1.60 bits per heavy atom. The van der Waals surface area contributed by atoms with Crippen molar-refractivity contribution in [1.82, 2.24) is 0 Å². The molecule has 3 heteroatoms. The van der Waals surface area contributed by atoms with E-state index in [1.807, 2.05) is 0 Å². The van der Waals surface area contributed by atoms with Crippen molar-refractivity contribution in [3.63, 3.8) is 0 Å². The topological polar surface area (TPSA) is 18.5 Å². The molecule has 20 heavy (non-hydrogen) atoms. The Labute approximate surface area is 122 Å². The first kappa shape index (κ1) is 13.9. The molecule has 1 saturated heterocycles. The monoisotopic (exact) mass is 270 g/mol. The van der Waals surface area contributed by atoms with Gasteiger partial charge in [0, 0.05) is 0 Å². The van der Waals surface area contributed by atoms with E-state index >= 15 is 0 Å². The summed E-state index contributed by atoms with van der Waals surface area (Å²) in [5, 5.41) is 0. The maximum absolute atomic E-state index is 6.18. The molecule has 0 aromatic heterocycles. The van der Waals surface area contributed by atoms with E-state index in [1.54, 1.807) is 0 Å². The Morgan fingerprint density at radius 3 is 2.30 bits per heavy atom. The molecular weight excluding hydrogens is 247 g/mol. The fourth-order valence-electron chi connectivity index (χ4n) is 2.84. The molecule has 0 atom stereocenters. The molecule has 1 aliphatic heterocycles. The number of benzene rings is 1. The van der Waals surface area contributed by atoms with Gasteiger partial charge < -0.3 is 9.31 Å². The van der Waals surface area contributed by atoms with Crippen LogP contribution >= 0.6 is 0 Å². The fraction of sp³-hybridized carbons (Fsp3) is 0.529. The third-order valence-electron chi connectivity index (χ3n) is 4.86. The predicted octanol–water partition coefficient (Wildman–Crippen LogP) is 4.04. The highest BCUT2D eigenvalue weighted by Crippen LogP contribution is 2.40. The van der Waals surface area contributed by atoms with Crippen molar-refractivity contribution < 1.29 is 9.31 Å². The van der Waals surface area contributed by atoms with Crippen molar-refractivity contribution in [2.45, 2.75) is 58.2 Å². The van der Waals surface area contributed by atoms with E-state index in [1.165, 1.54) is 16.6 Å². The quantitative estimate of drug-likeness (QED) is 0.717. The number of rotatable bonds is 1. The minimum atomic E-state index is -0.260. The van der Waals surface area contributed by atoms with Gasteiger partial charge in [0.25, 0.3) is 0 Å². The smallest absolute Gasteiger partial charge is 0.400 e. The van der Waals surface area contributed by atoms with E-state index < -0.39 is 0 Å². The molecule has 0 spiro atoms. The molecule has 1 aliphatic carbocycles. The summed E-state index contributed by atoms with van der Waals surface area (Å²) >= 11 is 0. The van der Waals surface area contributed by atoms with Crippen LogP contribution in [-0.4, -0.2) is 18.3 Å². The average molecular weight is 270 g/mol. The minimum absolute atomic E-state index is 0.203. The maximum atomic E-state index is 6.18. The molecule has 1 aromatic rings. The van der Waals surface area contributed by atoms with Crippen molar-refractivity contribution in [3.05, 3.63) is 40.9 Å². The molecule has 1 fully saturated rings. The number of allylic oxidation sites excluding steroid dienone is 1. The first-order valence-corrected chi connectivity index (χ1v) is 7.53. The molecule has 0 unspecified atom stereocenters. The van der Waals surface area contributed by atoms with Gasteiger partial charge in [-0.15, -0.1) is 0 Å². The molecule has 0 amide bonds. The van der Waals surface area contributed by atoms with Crippen molar-refractivity contribution in [1.29, 1.82) is 0 Å². The van der Waals surface area contributed by atoms with Crippen LogP contribution < -0.4 is 0 Å². The van der Waals surface area contributed by atoms with E-state index in [-0.39, 0.29) is 18.3 Å². The van der Waals surface area contributed by atoms with Crippen molar-refractivity contribution in [3.8, 4) is 0 Å². The Bertz CT molecular complexity index is 530. The van der Waals surface area contributed by atoms with Gasteiger partial charge in [-0.3, -0.25) is 0 Å². The molecule has 0 N–H and O–H groups in total. The molecule has 0 radical (unpaired) electrons. The van der Waals surface area contributed by atoms with Crippen molar-refractivity contribution in [2.75, 3.05) is 0 Å². The van der Waals surface area contributed by atoms with Gasteiger partial charge in [-0.25, -0.2) is 0 Å². The van der Waals surface area contributed by atoms with Crippen LogP contribution in [0.2, 0.25) is 0 Å². The molecule has 0 saturated carbocycles. The van der Waals surface area contributed by atoms with E-state index in [2.05, 4.69) is 58.0 Å². The lowest BCUT2D eigenvalue weighted by molar-refractivity contribution is 0.00578. The van der Waals surface area contributed by atoms with Gasteiger partial charge in [-0.1, -0.05) is 30.3 Å². The number of hydrogen-bond donors (Lipinski definition) is 0. The van der Waals surface area contributed by atoms with Crippen molar-refractivity contribution >= 4 is 13.2 Å². The summed E-state index contributed by atoms with van der Waals surface area (Å²) in [6, 6.07) is 8.62. The van der Waals surface area contributed by atoms with Gasteiger partial charge in [0.05, 0.1) is 11.2 Å². The molecule has 1 heterocycles. The third-order valence-corrected chi connectivity index (χ3v) is 4.86. The van der Waals surface area contributed by atoms with Crippen LogP contribution in [-0.2, 0) is 15.7 Å². The molecule has 2 nitrogen and oxygen atoms in total. The molecule has 3 rings (SSSR count). The van der Waals surface area contributed by atoms with Gasteiger partial charge >= 0.3 is 7.12 Å². The van der Waals surface area contributed by atoms with E-state index in [9.17, 15) is 0 Å². The van der Waals surface area contributed by atoms with Crippen LogP contribution in [0.25, 0.3) is 6.08 Å². The predicted molar refractivity (Wildman–Crippen MR) is 83.4 cm³/mol. The summed E-state index contributed by atoms with van der Waals surface area (Å²) in [5.41, 5.74) is 3.50. The third kappa shape index (κ3) is 2.34. The molecule has 106 valence electrons. The zero-order valence-electron chi connectivity index (χ0n) is 12.9. The van der Waals surface area contributed by atoms with Gasteiger partial charge in [-0.05, 0) is 63.6 Å². The summed E-state index contributed by atoms with van der Waals surface area (Å²) in [7, 11) is -0.203. The zero-order valence-corrected chi connectivity index (χ0v) is 12.9. The van der Waals surface area contributed by atoms with Crippen LogP contribution in [0.3, 0.4) is 0 Å². The summed E-state index contributed by atoms with van der Waals surface area (Å²) in [6.45, 7) is 8.44. The Kier molecular flexibility index (Phi) is 3.30. The largest absolute Gasteiger partial charge is 0.490 e. The normalized spacial score (nSPS) is 24.0. The molecule has 0 bridgehead atoms. The standard InChI is InChI=1S/C17H23BO2/c1-16(2)17(3,4)20-18(19-16)15-11-7-10-13-8-5-6-9-14(13)12-15/h5-6,8-9,12H,7,10-11H2,1-4H3.